The summed E-state index contributed by atoms with van der Waals surface area (Å²) in [7, 11) is 1.15. The summed E-state index contributed by atoms with van der Waals surface area (Å²) in [4.78, 5) is 32.5. The normalized spacial score (nSPS) is 21.7. The Labute approximate surface area is 115 Å². The maximum absolute atomic E-state index is 11.5. The van der Waals surface area contributed by atoms with Crippen molar-refractivity contribution >= 4 is 23.8 Å². The average Bonchev–Trinajstić information content (AvgIpc) is 2.43. The second-order valence-electron chi connectivity index (χ2n) is 3.77. The van der Waals surface area contributed by atoms with E-state index in [1.54, 1.807) is 0 Å². The van der Waals surface area contributed by atoms with Crippen LogP contribution in [0.3, 0.4) is 0 Å². The summed E-state index contributed by atoms with van der Waals surface area (Å²) >= 11 is 0. The summed E-state index contributed by atoms with van der Waals surface area (Å²) in [6.07, 6.45) is 2.83. The van der Waals surface area contributed by atoms with Crippen LogP contribution < -0.4 is 11.6 Å². The van der Waals surface area contributed by atoms with E-state index < -0.39 is 17.8 Å². The molecule has 1 rings (SSSR count). The highest BCUT2D eigenvalue weighted by Gasteiger charge is 2.40. The van der Waals surface area contributed by atoms with E-state index in [4.69, 9.17) is 16.3 Å². The Morgan fingerprint density at radius 3 is 2.85 bits per heavy atom. The minimum absolute atomic E-state index is 0.247. The number of aliphatic imine (C=N–C) groups is 3. The molecule has 10 heteroatoms. The molecule has 0 amide bonds. The number of nitrogens with two attached hydrogens (primary N) is 2. The quantitative estimate of drug-likeness (QED) is 0.161. The molecule has 0 aromatic rings. The molecule has 0 bridgehead atoms. The predicted molar refractivity (Wildman–Crippen MR) is 68.8 cm³/mol. The van der Waals surface area contributed by atoms with Gasteiger partial charge in [0.1, 0.15) is 0 Å². The molecule has 1 unspecified atom stereocenters. The van der Waals surface area contributed by atoms with E-state index in [1.165, 1.54) is 6.08 Å². The van der Waals surface area contributed by atoms with Crippen molar-refractivity contribution in [2.24, 2.45) is 26.6 Å². The zero-order chi connectivity index (χ0) is 15.2. The third-order valence-corrected chi connectivity index (χ3v) is 2.36. The summed E-state index contributed by atoms with van der Waals surface area (Å²) in [5.74, 6) is 2.15. The number of amidine groups is 1. The largest absolute Gasteiger partial charge is 0.463 e. The van der Waals surface area contributed by atoms with Gasteiger partial charge in [0.05, 0.1) is 13.7 Å². The van der Waals surface area contributed by atoms with Crippen molar-refractivity contribution in [1.82, 2.24) is 5.01 Å². The van der Waals surface area contributed by atoms with Crippen molar-refractivity contribution in [2.75, 3.05) is 13.7 Å². The van der Waals surface area contributed by atoms with Crippen LogP contribution in [0.1, 0.15) is 19.8 Å². The number of hydrazine groups is 1. The van der Waals surface area contributed by atoms with Crippen molar-refractivity contribution in [1.29, 1.82) is 0 Å². The number of hydrogen-bond acceptors (Lipinski definition) is 10. The second-order valence-corrected chi connectivity index (χ2v) is 3.77. The van der Waals surface area contributed by atoms with E-state index in [0.717, 1.165) is 18.5 Å². The van der Waals surface area contributed by atoms with Gasteiger partial charge in [-0.1, -0.05) is 13.3 Å². The van der Waals surface area contributed by atoms with E-state index in [-0.39, 0.29) is 12.6 Å². The Morgan fingerprint density at radius 2 is 2.30 bits per heavy atom. The first-order valence-corrected chi connectivity index (χ1v) is 5.81. The van der Waals surface area contributed by atoms with E-state index in [0.29, 0.717) is 6.42 Å². The van der Waals surface area contributed by atoms with Crippen molar-refractivity contribution in [3.8, 4) is 0 Å². The van der Waals surface area contributed by atoms with Crippen molar-refractivity contribution in [2.45, 2.75) is 25.7 Å². The van der Waals surface area contributed by atoms with Gasteiger partial charge in [0.2, 0.25) is 11.9 Å². The van der Waals surface area contributed by atoms with Crippen LogP contribution in [0.25, 0.3) is 0 Å². The monoisotopic (exact) mass is 284 g/mol. The number of guanidine groups is 1. The molecular weight excluding hydrogens is 268 g/mol. The van der Waals surface area contributed by atoms with Crippen LogP contribution in [0.2, 0.25) is 0 Å². The van der Waals surface area contributed by atoms with Crippen LogP contribution in [0.5, 0.6) is 0 Å². The van der Waals surface area contributed by atoms with Gasteiger partial charge in [-0.3, -0.25) is 5.73 Å². The maximum Gasteiger partial charge on any atom is 0.376 e. The summed E-state index contributed by atoms with van der Waals surface area (Å²) in [6, 6.07) is 0. The zero-order valence-corrected chi connectivity index (χ0v) is 11.2. The molecular formula is C10H16N6O4. The lowest BCUT2D eigenvalue weighted by molar-refractivity contribution is -0.136. The highest BCUT2D eigenvalue weighted by Crippen LogP contribution is 2.17. The minimum atomic E-state index is -1.89. The Balaban J connectivity index is 3.10. The lowest BCUT2D eigenvalue weighted by Crippen LogP contribution is -2.64. The fourth-order valence-corrected chi connectivity index (χ4v) is 1.29. The Kier molecular flexibility index (Phi) is 5.47. The molecule has 10 nitrogen and oxygen atoms in total. The molecule has 20 heavy (non-hydrogen) atoms. The number of rotatable bonds is 5. The standard InChI is InChI=1S/C10H16N6O4/c1-3-4-5-20-10(11)15-7(8(18)19-2)14-9(13-6-17)16(10)12/h3-5,11-12H2,1-2H3. The second kappa shape index (κ2) is 6.87. The van der Waals surface area contributed by atoms with Gasteiger partial charge in [0, 0.05) is 0 Å². The van der Waals surface area contributed by atoms with Gasteiger partial charge >= 0.3 is 11.9 Å². The number of methoxy groups -OCH3 is 1. The van der Waals surface area contributed by atoms with Crippen LogP contribution in [-0.4, -0.2) is 48.5 Å². The minimum Gasteiger partial charge on any atom is -0.463 e. The summed E-state index contributed by atoms with van der Waals surface area (Å²) in [6.45, 7) is 2.21. The first-order valence-electron chi connectivity index (χ1n) is 5.81. The molecule has 1 heterocycles. The predicted octanol–water partition coefficient (Wildman–Crippen LogP) is -1.17. The van der Waals surface area contributed by atoms with E-state index in [9.17, 15) is 9.59 Å². The van der Waals surface area contributed by atoms with Gasteiger partial charge in [-0.2, -0.15) is 9.98 Å². The topological polar surface area (TPSA) is 145 Å². The fourth-order valence-electron chi connectivity index (χ4n) is 1.29. The number of isocyanates is 1. The highest BCUT2D eigenvalue weighted by molar-refractivity contribution is 6.38. The summed E-state index contributed by atoms with van der Waals surface area (Å²) < 4.78 is 9.82. The SMILES string of the molecule is CCCCOC1(N)N=C(C(=O)OC)N=C(N=C=O)N1N. The Bertz CT molecular complexity index is 484. The number of esters is 1. The first kappa shape index (κ1) is 15.9. The average molecular weight is 284 g/mol. The molecule has 0 fully saturated rings. The van der Waals surface area contributed by atoms with Crippen LogP contribution in [0, 0.1) is 0 Å². The molecule has 0 spiro atoms. The molecule has 0 aromatic carbocycles. The molecule has 0 saturated carbocycles. The van der Waals surface area contributed by atoms with Crippen LogP contribution in [0.4, 0.5) is 0 Å². The molecule has 4 N–H and O–H groups in total. The van der Waals surface area contributed by atoms with Crippen molar-refractivity contribution < 1.29 is 19.1 Å². The third kappa shape index (κ3) is 3.45. The first-order chi connectivity index (χ1) is 9.48. The molecule has 1 atom stereocenters. The van der Waals surface area contributed by atoms with E-state index in [2.05, 4.69) is 19.7 Å². The van der Waals surface area contributed by atoms with Crippen LogP contribution >= 0.6 is 0 Å². The zero-order valence-electron chi connectivity index (χ0n) is 11.2. The number of carbonyl (C=O) groups excluding carboxylic acids is 2. The number of unbranched alkanes of at least 4 members (excludes halogenated alkanes) is 1. The molecule has 1 aliphatic rings. The number of ether oxygens (including phenoxy) is 2. The molecule has 0 radical (unpaired) electrons. The molecule has 0 aromatic heterocycles. The van der Waals surface area contributed by atoms with Gasteiger partial charge in [-0.05, 0) is 6.42 Å². The lowest BCUT2D eigenvalue weighted by atomic mass is 10.4. The summed E-state index contributed by atoms with van der Waals surface area (Å²) in [5.41, 5.74) is 5.86. The van der Waals surface area contributed by atoms with E-state index >= 15 is 0 Å². The number of nitrogens with zero attached hydrogens (tertiary/aromatic N) is 4. The fraction of sp³-hybridized carbons (Fsp3) is 0.600. The number of carbonyl (C=O) groups is 1. The maximum atomic E-state index is 11.5. The van der Waals surface area contributed by atoms with Crippen molar-refractivity contribution in [3.05, 3.63) is 0 Å². The number of hydrogen-bond donors (Lipinski definition) is 2. The summed E-state index contributed by atoms with van der Waals surface area (Å²) in [5, 5.41) is 0.736. The van der Waals surface area contributed by atoms with Crippen LogP contribution in [-0.2, 0) is 19.1 Å². The molecule has 0 saturated heterocycles. The van der Waals surface area contributed by atoms with Gasteiger partial charge in [-0.15, -0.1) is 4.99 Å². The highest BCUT2D eigenvalue weighted by atomic mass is 16.6. The van der Waals surface area contributed by atoms with Gasteiger partial charge in [0.15, 0.2) is 0 Å². The third-order valence-electron chi connectivity index (χ3n) is 2.36. The smallest absolute Gasteiger partial charge is 0.376 e. The molecule has 110 valence electrons. The van der Waals surface area contributed by atoms with Crippen molar-refractivity contribution in [3.63, 3.8) is 0 Å². The molecule has 1 aliphatic heterocycles. The van der Waals surface area contributed by atoms with E-state index in [1.807, 2.05) is 6.92 Å². The van der Waals surface area contributed by atoms with Gasteiger partial charge in [-0.25, -0.2) is 20.4 Å². The Morgan fingerprint density at radius 1 is 1.60 bits per heavy atom. The van der Waals surface area contributed by atoms with Gasteiger partial charge in [0.25, 0.3) is 5.96 Å². The van der Waals surface area contributed by atoms with Crippen LogP contribution in [0.15, 0.2) is 15.0 Å². The lowest BCUT2D eigenvalue weighted by Gasteiger charge is -2.35. The van der Waals surface area contributed by atoms with Gasteiger partial charge < -0.3 is 9.47 Å². The molecule has 0 aliphatic carbocycles. The Hall–Kier alpha value is -2.13.